The van der Waals surface area contributed by atoms with Crippen molar-refractivity contribution in [2.45, 2.75) is 44.6 Å². The maximum absolute atomic E-state index is 14.3. The predicted molar refractivity (Wildman–Crippen MR) is 105 cm³/mol. The molecular formula is C22H25F2N3. The summed E-state index contributed by atoms with van der Waals surface area (Å²) in [5, 5.41) is 2.96. The van der Waals surface area contributed by atoms with Gasteiger partial charge in [0.25, 0.3) is 5.92 Å². The van der Waals surface area contributed by atoms with Crippen LogP contribution in [0.3, 0.4) is 0 Å². The third-order valence-corrected chi connectivity index (χ3v) is 5.60. The Labute approximate surface area is 158 Å². The summed E-state index contributed by atoms with van der Waals surface area (Å²) in [6, 6.07) is 14.2. The van der Waals surface area contributed by atoms with E-state index in [0.717, 1.165) is 47.0 Å². The Morgan fingerprint density at radius 3 is 2.52 bits per heavy atom. The van der Waals surface area contributed by atoms with Gasteiger partial charge in [0.15, 0.2) is 0 Å². The Kier molecular flexibility index (Phi) is 5.21. The number of rotatable bonds is 6. The smallest absolute Gasteiger partial charge is 0.263 e. The summed E-state index contributed by atoms with van der Waals surface area (Å²) in [4.78, 5) is 7.35. The molecule has 2 aromatic carbocycles. The van der Waals surface area contributed by atoms with Crippen LogP contribution in [-0.2, 0) is 6.54 Å². The van der Waals surface area contributed by atoms with Crippen LogP contribution in [0.5, 0.6) is 0 Å². The fourth-order valence-electron chi connectivity index (χ4n) is 3.97. The van der Waals surface area contributed by atoms with Crippen LogP contribution in [0.1, 0.15) is 37.7 Å². The average molecular weight is 369 g/mol. The zero-order valence-corrected chi connectivity index (χ0v) is 15.3. The fraction of sp³-hybridized carbons (Fsp3) is 0.409. The van der Waals surface area contributed by atoms with Crippen LogP contribution in [-0.4, -0.2) is 22.4 Å². The van der Waals surface area contributed by atoms with E-state index in [0.29, 0.717) is 19.4 Å². The molecule has 0 saturated heterocycles. The predicted octanol–water partition coefficient (Wildman–Crippen LogP) is 5.54. The van der Waals surface area contributed by atoms with Gasteiger partial charge in [-0.2, -0.15) is 0 Å². The first-order valence-corrected chi connectivity index (χ1v) is 9.73. The molecule has 142 valence electrons. The molecule has 1 aliphatic rings. The molecule has 0 bridgehead atoms. The normalized spacial score (nSPS) is 16.1. The van der Waals surface area contributed by atoms with E-state index in [2.05, 4.69) is 21.4 Å². The first-order chi connectivity index (χ1) is 13.1. The lowest BCUT2D eigenvalue weighted by Crippen LogP contribution is -2.40. The molecule has 0 amide bonds. The third-order valence-electron chi connectivity index (χ3n) is 5.60. The SMILES string of the molecule is FC(F)(CNCc1ccc(-c2ccc3nc[nH]c3c2)cc1)C1CCCCC1. The molecule has 1 heterocycles. The second-order valence-electron chi connectivity index (χ2n) is 7.53. The minimum atomic E-state index is -2.61. The van der Waals surface area contributed by atoms with Crippen molar-refractivity contribution in [3.05, 3.63) is 54.4 Å². The lowest BCUT2D eigenvalue weighted by atomic mass is 9.84. The van der Waals surface area contributed by atoms with Gasteiger partial charge in [0.1, 0.15) is 0 Å². The van der Waals surface area contributed by atoms with Crippen LogP contribution in [0.25, 0.3) is 22.2 Å². The summed E-state index contributed by atoms with van der Waals surface area (Å²) in [7, 11) is 0. The molecule has 0 atom stereocenters. The van der Waals surface area contributed by atoms with Crippen molar-refractivity contribution >= 4 is 11.0 Å². The van der Waals surface area contributed by atoms with E-state index < -0.39 is 11.8 Å². The van der Waals surface area contributed by atoms with Crippen molar-refractivity contribution in [2.75, 3.05) is 6.54 Å². The minimum Gasteiger partial charge on any atom is -0.345 e. The maximum Gasteiger partial charge on any atom is 0.263 e. The van der Waals surface area contributed by atoms with Gasteiger partial charge in [-0.3, -0.25) is 0 Å². The summed E-state index contributed by atoms with van der Waals surface area (Å²) in [6.45, 7) is 0.220. The van der Waals surface area contributed by atoms with Crippen LogP contribution < -0.4 is 5.32 Å². The number of H-pyrrole nitrogens is 1. The average Bonchev–Trinajstić information content (AvgIpc) is 3.17. The number of nitrogens with one attached hydrogen (secondary N) is 2. The fourth-order valence-corrected chi connectivity index (χ4v) is 3.97. The van der Waals surface area contributed by atoms with Gasteiger partial charge in [-0.25, -0.2) is 13.8 Å². The highest BCUT2D eigenvalue weighted by Crippen LogP contribution is 2.36. The van der Waals surface area contributed by atoms with Gasteiger partial charge >= 0.3 is 0 Å². The van der Waals surface area contributed by atoms with Gasteiger partial charge in [0.05, 0.1) is 23.9 Å². The maximum atomic E-state index is 14.3. The monoisotopic (exact) mass is 369 g/mol. The second-order valence-corrected chi connectivity index (χ2v) is 7.53. The number of benzene rings is 2. The zero-order chi connectivity index (χ0) is 18.7. The number of hydrogen-bond acceptors (Lipinski definition) is 2. The molecular weight excluding hydrogens is 344 g/mol. The quantitative estimate of drug-likeness (QED) is 0.599. The second kappa shape index (κ2) is 7.77. The van der Waals surface area contributed by atoms with E-state index in [-0.39, 0.29) is 6.54 Å². The summed E-state index contributed by atoms with van der Waals surface area (Å²) in [5.41, 5.74) is 5.17. The minimum absolute atomic E-state index is 0.240. The molecule has 3 nitrogen and oxygen atoms in total. The number of aromatic amines is 1. The number of aromatic nitrogens is 2. The lowest BCUT2D eigenvalue weighted by molar-refractivity contribution is -0.0685. The Hall–Kier alpha value is -2.27. The molecule has 1 fully saturated rings. The number of imidazole rings is 1. The number of alkyl halides is 2. The molecule has 0 spiro atoms. The highest BCUT2D eigenvalue weighted by atomic mass is 19.3. The summed E-state index contributed by atoms with van der Waals surface area (Å²) in [6.07, 6.45) is 5.97. The van der Waals surface area contributed by atoms with Gasteiger partial charge in [-0.15, -0.1) is 0 Å². The summed E-state index contributed by atoms with van der Waals surface area (Å²) in [5.74, 6) is -3.07. The van der Waals surface area contributed by atoms with Gasteiger partial charge in [-0.1, -0.05) is 49.6 Å². The Balaban J connectivity index is 1.35. The molecule has 1 aromatic heterocycles. The van der Waals surface area contributed by atoms with Crippen LogP contribution >= 0.6 is 0 Å². The van der Waals surface area contributed by atoms with Gasteiger partial charge in [0.2, 0.25) is 0 Å². The van der Waals surface area contributed by atoms with Crippen LogP contribution in [0.2, 0.25) is 0 Å². The Morgan fingerprint density at radius 1 is 1.00 bits per heavy atom. The van der Waals surface area contributed by atoms with Crippen molar-refractivity contribution in [1.29, 1.82) is 0 Å². The largest absolute Gasteiger partial charge is 0.345 e. The molecule has 0 radical (unpaired) electrons. The van der Waals surface area contributed by atoms with E-state index in [1.165, 1.54) is 0 Å². The molecule has 0 unspecified atom stereocenters. The van der Waals surface area contributed by atoms with Crippen molar-refractivity contribution in [1.82, 2.24) is 15.3 Å². The van der Waals surface area contributed by atoms with Crippen LogP contribution in [0.4, 0.5) is 8.78 Å². The van der Waals surface area contributed by atoms with E-state index in [1.54, 1.807) is 6.33 Å². The van der Waals surface area contributed by atoms with Gasteiger partial charge in [0, 0.05) is 12.5 Å². The standard InChI is InChI=1S/C22H25F2N3/c23-22(24,19-4-2-1-3-5-19)14-25-13-16-6-8-17(9-7-16)18-10-11-20-21(12-18)27-15-26-20/h6-12,15,19,25H,1-5,13-14H2,(H,26,27). The van der Waals surface area contributed by atoms with Crippen molar-refractivity contribution < 1.29 is 8.78 Å². The van der Waals surface area contributed by atoms with Gasteiger partial charge < -0.3 is 10.3 Å². The van der Waals surface area contributed by atoms with Crippen LogP contribution in [0.15, 0.2) is 48.8 Å². The molecule has 4 rings (SSSR count). The molecule has 1 saturated carbocycles. The van der Waals surface area contributed by atoms with Gasteiger partial charge in [-0.05, 0) is 41.7 Å². The Morgan fingerprint density at radius 2 is 1.74 bits per heavy atom. The highest BCUT2D eigenvalue weighted by molar-refractivity contribution is 5.81. The molecule has 1 aliphatic carbocycles. The van der Waals surface area contributed by atoms with E-state index >= 15 is 0 Å². The summed E-state index contributed by atoms with van der Waals surface area (Å²) < 4.78 is 28.7. The molecule has 0 aliphatic heterocycles. The zero-order valence-electron chi connectivity index (χ0n) is 15.3. The van der Waals surface area contributed by atoms with E-state index in [1.807, 2.05) is 36.4 Å². The van der Waals surface area contributed by atoms with E-state index in [9.17, 15) is 8.78 Å². The number of halogens is 2. The highest BCUT2D eigenvalue weighted by Gasteiger charge is 2.39. The number of hydrogen-bond donors (Lipinski definition) is 2. The number of nitrogens with zero attached hydrogens (tertiary/aromatic N) is 1. The molecule has 2 N–H and O–H groups in total. The first kappa shape index (κ1) is 18.1. The van der Waals surface area contributed by atoms with Crippen molar-refractivity contribution in [3.8, 4) is 11.1 Å². The molecule has 5 heteroatoms. The molecule has 3 aromatic rings. The topological polar surface area (TPSA) is 40.7 Å². The first-order valence-electron chi connectivity index (χ1n) is 9.73. The number of fused-ring (bicyclic) bond motifs is 1. The van der Waals surface area contributed by atoms with Crippen LogP contribution in [0, 0.1) is 5.92 Å². The Bertz CT molecular complexity index is 880. The lowest BCUT2D eigenvalue weighted by Gasteiger charge is -2.30. The van der Waals surface area contributed by atoms with E-state index in [4.69, 9.17) is 0 Å². The molecule has 27 heavy (non-hydrogen) atoms. The van der Waals surface area contributed by atoms with Crippen molar-refractivity contribution in [2.24, 2.45) is 5.92 Å². The van der Waals surface area contributed by atoms with Crippen molar-refractivity contribution in [3.63, 3.8) is 0 Å². The third kappa shape index (κ3) is 4.19. The summed E-state index contributed by atoms with van der Waals surface area (Å²) >= 11 is 0.